The summed E-state index contributed by atoms with van der Waals surface area (Å²) in [5.74, 6) is 0. The van der Waals surface area contributed by atoms with Gasteiger partial charge in [-0.15, -0.1) is 0 Å². The van der Waals surface area contributed by atoms with Crippen molar-refractivity contribution in [3.63, 3.8) is 0 Å². The number of nitrogens with zero attached hydrogens (tertiary/aromatic N) is 2. The highest BCUT2D eigenvalue weighted by molar-refractivity contribution is 7.91. The van der Waals surface area contributed by atoms with Crippen molar-refractivity contribution in [3.05, 3.63) is 29.6 Å². The first-order valence-electron chi connectivity index (χ1n) is 7.88. The van der Waals surface area contributed by atoms with E-state index in [0.29, 0.717) is 0 Å². The third kappa shape index (κ3) is 2.76. The maximum absolute atomic E-state index is 12.6. The molecule has 3 rings (SSSR count). The Balaban J connectivity index is 2.05. The molecule has 0 amide bonds. The van der Waals surface area contributed by atoms with Crippen LogP contribution >= 0.6 is 0 Å². The van der Waals surface area contributed by atoms with Gasteiger partial charge >= 0.3 is 0 Å². The molecule has 1 fully saturated rings. The Labute approximate surface area is 130 Å². The molecule has 1 unspecified atom stereocenters. The average Bonchev–Trinajstić information content (AvgIpc) is 2.72. The standard InChI is InChI=1S/C17H24N2OS/c1-16(2,3)21(20)19-15-13-8-7-11-18-14(13)12-17(15)9-5-4-6-10-17/h7-8,11H,4-6,9-10,12H2,1-3H3. The van der Waals surface area contributed by atoms with E-state index in [-0.39, 0.29) is 10.2 Å². The van der Waals surface area contributed by atoms with Crippen molar-refractivity contribution in [1.82, 2.24) is 4.98 Å². The van der Waals surface area contributed by atoms with Gasteiger partial charge in [-0.2, -0.15) is 0 Å². The Morgan fingerprint density at radius 2 is 1.95 bits per heavy atom. The van der Waals surface area contributed by atoms with Crippen molar-refractivity contribution in [2.75, 3.05) is 0 Å². The molecular weight excluding hydrogens is 280 g/mol. The van der Waals surface area contributed by atoms with Gasteiger partial charge in [-0.3, -0.25) is 4.98 Å². The molecule has 1 saturated carbocycles. The maximum Gasteiger partial charge on any atom is 0.144 e. The van der Waals surface area contributed by atoms with E-state index in [1.807, 2.05) is 33.0 Å². The summed E-state index contributed by atoms with van der Waals surface area (Å²) in [4.78, 5) is 4.55. The number of fused-ring (bicyclic) bond motifs is 1. The molecule has 21 heavy (non-hydrogen) atoms. The number of rotatable bonds is 1. The van der Waals surface area contributed by atoms with E-state index < -0.39 is 11.4 Å². The molecule has 1 aromatic rings. The molecule has 0 aromatic carbocycles. The van der Waals surface area contributed by atoms with Gasteiger partial charge in [0.15, 0.2) is 0 Å². The van der Waals surface area contributed by atoms with Crippen molar-refractivity contribution in [1.29, 1.82) is 0 Å². The Kier molecular flexibility index (Phi) is 3.87. The molecule has 4 heteroatoms. The van der Waals surface area contributed by atoms with Crippen LogP contribution in [0.5, 0.6) is 0 Å². The molecule has 1 aromatic heterocycles. The van der Waals surface area contributed by atoms with Crippen molar-refractivity contribution in [2.45, 2.75) is 64.0 Å². The van der Waals surface area contributed by atoms with E-state index in [0.717, 1.165) is 36.2 Å². The summed E-state index contributed by atoms with van der Waals surface area (Å²) in [5, 5.41) is 0. The molecule has 2 aliphatic carbocycles. The maximum atomic E-state index is 12.6. The zero-order valence-electron chi connectivity index (χ0n) is 13.2. The topological polar surface area (TPSA) is 48.3 Å². The van der Waals surface area contributed by atoms with Crippen LogP contribution in [0.2, 0.25) is 0 Å². The second-order valence-electron chi connectivity index (χ2n) is 7.32. The molecule has 0 bridgehead atoms. The summed E-state index contributed by atoms with van der Waals surface area (Å²) >= 11 is -1.20. The van der Waals surface area contributed by atoms with Gasteiger partial charge in [0.2, 0.25) is 0 Å². The fraction of sp³-hybridized carbons (Fsp3) is 0.647. The molecule has 0 radical (unpaired) electrons. The summed E-state index contributed by atoms with van der Waals surface area (Å²) in [6.45, 7) is 5.96. The quantitative estimate of drug-likeness (QED) is 0.740. The normalized spacial score (nSPS) is 24.3. The Bertz CT molecular complexity index is 556. The lowest BCUT2D eigenvalue weighted by atomic mass is 9.71. The summed E-state index contributed by atoms with van der Waals surface area (Å²) in [7, 11) is 0. The van der Waals surface area contributed by atoms with Crippen LogP contribution in [-0.4, -0.2) is 20.0 Å². The van der Waals surface area contributed by atoms with Gasteiger partial charge in [-0.05, 0) is 45.7 Å². The molecule has 1 spiro atoms. The van der Waals surface area contributed by atoms with Crippen LogP contribution in [0.4, 0.5) is 0 Å². The van der Waals surface area contributed by atoms with E-state index in [4.69, 9.17) is 4.40 Å². The molecule has 0 N–H and O–H groups in total. The van der Waals surface area contributed by atoms with Gasteiger partial charge in [-0.25, -0.2) is 0 Å². The van der Waals surface area contributed by atoms with Crippen molar-refractivity contribution < 1.29 is 4.55 Å². The van der Waals surface area contributed by atoms with Gasteiger partial charge in [-0.1, -0.05) is 23.7 Å². The molecule has 2 aliphatic rings. The van der Waals surface area contributed by atoms with Crippen molar-refractivity contribution in [2.24, 2.45) is 9.81 Å². The Morgan fingerprint density at radius 1 is 1.24 bits per heavy atom. The van der Waals surface area contributed by atoms with Gasteiger partial charge in [0, 0.05) is 23.6 Å². The Morgan fingerprint density at radius 3 is 2.62 bits per heavy atom. The number of hydrogen-bond donors (Lipinski definition) is 0. The Hall–Kier alpha value is -0.870. The third-order valence-electron chi connectivity index (χ3n) is 4.66. The van der Waals surface area contributed by atoms with E-state index in [2.05, 4.69) is 11.1 Å². The smallest absolute Gasteiger partial charge is 0.144 e. The van der Waals surface area contributed by atoms with Crippen LogP contribution in [0.25, 0.3) is 0 Å². The van der Waals surface area contributed by atoms with Crippen LogP contribution in [0.1, 0.15) is 64.1 Å². The zero-order valence-corrected chi connectivity index (χ0v) is 14.0. The predicted octanol–water partition coefficient (Wildman–Crippen LogP) is 3.84. The van der Waals surface area contributed by atoms with Gasteiger partial charge in [0.25, 0.3) is 0 Å². The van der Waals surface area contributed by atoms with Gasteiger partial charge in [0.05, 0.1) is 5.69 Å². The molecule has 0 saturated heterocycles. The third-order valence-corrected chi connectivity index (χ3v) is 6.06. The average molecular weight is 304 g/mol. The second kappa shape index (κ2) is 5.40. The highest BCUT2D eigenvalue weighted by Gasteiger charge is 2.46. The second-order valence-corrected chi connectivity index (χ2v) is 9.22. The van der Waals surface area contributed by atoms with Gasteiger partial charge in [0.1, 0.15) is 21.8 Å². The van der Waals surface area contributed by atoms with E-state index in [1.54, 1.807) is 0 Å². The zero-order chi connectivity index (χ0) is 15.1. The first-order chi connectivity index (χ1) is 9.92. The number of aromatic nitrogens is 1. The molecule has 0 aliphatic heterocycles. The van der Waals surface area contributed by atoms with Crippen molar-refractivity contribution in [3.8, 4) is 0 Å². The fourth-order valence-electron chi connectivity index (χ4n) is 3.49. The summed E-state index contributed by atoms with van der Waals surface area (Å²) in [5.41, 5.74) is 3.44. The largest absolute Gasteiger partial charge is 0.591 e. The van der Waals surface area contributed by atoms with Crippen LogP contribution in [0.15, 0.2) is 22.7 Å². The lowest BCUT2D eigenvalue weighted by molar-refractivity contribution is 0.289. The fourth-order valence-corrected chi connectivity index (χ4v) is 4.22. The monoisotopic (exact) mass is 304 g/mol. The molecule has 114 valence electrons. The van der Waals surface area contributed by atoms with Crippen molar-refractivity contribution >= 4 is 17.1 Å². The summed E-state index contributed by atoms with van der Waals surface area (Å²) in [6, 6.07) is 4.07. The molecule has 1 atom stereocenters. The summed E-state index contributed by atoms with van der Waals surface area (Å²) in [6.07, 6.45) is 8.95. The molecular formula is C17H24N2OS. The minimum Gasteiger partial charge on any atom is -0.591 e. The number of hydrogen-bond acceptors (Lipinski definition) is 3. The predicted molar refractivity (Wildman–Crippen MR) is 87.9 cm³/mol. The van der Waals surface area contributed by atoms with E-state index in [9.17, 15) is 4.55 Å². The molecule has 1 heterocycles. The highest BCUT2D eigenvalue weighted by atomic mass is 32.2. The van der Waals surface area contributed by atoms with E-state index in [1.165, 1.54) is 19.3 Å². The van der Waals surface area contributed by atoms with Crippen LogP contribution in [0.3, 0.4) is 0 Å². The SMILES string of the molecule is CC(C)(C)[S+]([O-])N=C1c2cccnc2CC12CCCCC2. The molecule has 3 nitrogen and oxygen atoms in total. The first kappa shape index (κ1) is 15.0. The lowest BCUT2D eigenvalue weighted by Crippen LogP contribution is -2.34. The van der Waals surface area contributed by atoms with E-state index >= 15 is 0 Å². The lowest BCUT2D eigenvalue weighted by Gasteiger charge is -2.33. The number of pyridine rings is 1. The van der Waals surface area contributed by atoms with Crippen LogP contribution in [0, 0.1) is 5.41 Å². The summed E-state index contributed by atoms with van der Waals surface area (Å²) < 4.78 is 17.0. The minimum atomic E-state index is -1.20. The minimum absolute atomic E-state index is 0.0931. The van der Waals surface area contributed by atoms with Crippen LogP contribution in [-0.2, 0) is 17.8 Å². The van der Waals surface area contributed by atoms with Gasteiger partial charge < -0.3 is 4.55 Å². The van der Waals surface area contributed by atoms with Crippen LogP contribution < -0.4 is 0 Å². The highest BCUT2D eigenvalue weighted by Crippen LogP contribution is 2.47. The first-order valence-corrected chi connectivity index (χ1v) is 8.99.